The van der Waals surface area contributed by atoms with Gasteiger partial charge in [-0.25, -0.2) is 4.98 Å². The third-order valence-corrected chi connectivity index (χ3v) is 4.17. The van der Waals surface area contributed by atoms with Gasteiger partial charge >= 0.3 is 0 Å². The highest BCUT2D eigenvalue weighted by Crippen LogP contribution is 2.41. The molecule has 0 spiro atoms. The zero-order valence-corrected chi connectivity index (χ0v) is 15.2. The Morgan fingerprint density at radius 2 is 1.48 bits per heavy atom. The molecule has 0 fully saturated rings. The van der Waals surface area contributed by atoms with E-state index in [-0.39, 0.29) is 10.8 Å². The minimum absolute atomic E-state index is 0.221. The lowest BCUT2D eigenvalue weighted by atomic mass is 9.78. The van der Waals surface area contributed by atoms with E-state index in [9.17, 15) is 10.2 Å². The zero-order chi connectivity index (χ0) is 17.6. The number of hydrogen-bond donors (Lipinski definition) is 2. The van der Waals surface area contributed by atoms with Gasteiger partial charge in [0.25, 0.3) is 0 Å². The Morgan fingerprint density at radius 3 is 1.83 bits per heavy atom. The predicted octanol–water partition coefficient (Wildman–Crippen LogP) is 3.80. The van der Waals surface area contributed by atoms with Crippen LogP contribution in [0.25, 0.3) is 0 Å². The first-order chi connectivity index (χ1) is 10.4. The van der Waals surface area contributed by atoms with E-state index in [1.54, 1.807) is 6.20 Å². The van der Waals surface area contributed by atoms with Crippen molar-refractivity contribution in [2.45, 2.75) is 58.5 Å². The Hall–Kier alpha value is -1.81. The van der Waals surface area contributed by atoms with E-state index < -0.39 is 6.10 Å². The fourth-order valence-electron chi connectivity index (χ4n) is 2.75. The van der Waals surface area contributed by atoms with Crippen molar-refractivity contribution in [2.75, 3.05) is 0 Å². The van der Waals surface area contributed by atoms with Gasteiger partial charge < -0.3 is 14.8 Å². The highest BCUT2D eigenvalue weighted by atomic mass is 16.3. The van der Waals surface area contributed by atoms with Crippen LogP contribution in [0.15, 0.2) is 24.5 Å². The van der Waals surface area contributed by atoms with Crippen LogP contribution in [0.1, 0.15) is 70.2 Å². The second-order valence-corrected chi connectivity index (χ2v) is 8.26. The first kappa shape index (κ1) is 17.5. The average molecular weight is 316 g/mol. The lowest BCUT2D eigenvalue weighted by Crippen LogP contribution is -2.19. The van der Waals surface area contributed by atoms with Crippen LogP contribution in [0.5, 0.6) is 5.75 Å². The molecule has 2 rings (SSSR count). The summed E-state index contributed by atoms with van der Waals surface area (Å²) in [5, 5.41) is 21.5. The van der Waals surface area contributed by atoms with Gasteiger partial charge in [0.2, 0.25) is 0 Å². The van der Waals surface area contributed by atoms with E-state index in [1.165, 1.54) is 0 Å². The quantitative estimate of drug-likeness (QED) is 0.886. The van der Waals surface area contributed by atoms with Crippen LogP contribution < -0.4 is 0 Å². The number of aliphatic hydroxyl groups is 1. The van der Waals surface area contributed by atoms with Crippen molar-refractivity contribution in [3.63, 3.8) is 0 Å². The third kappa shape index (κ3) is 3.42. The third-order valence-electron chi connectivity index (χ3n) is 4.17. The van der Waals surface area contributed by atoms with Crippen LogP contribution in [-0.2, 0) is 17.9 Å². The van der Waals surface area contributed by atoms with Crippen LogP contribution in [0.4, 0.5) is 0 Å². The number of imidazole rings is 1. The molecule has 0 bridgehead atoms. The lowest BCUT2D eigenvalue weighted by molar-refractivity contribution is 0.205. The average Bonchev–Trinajstić information content (AvgIpc) is 2.81. The molecule has 0 saturated heterocycles. The molecule has 1 aromatic heterocycles. The molecule has 0 aliphatic carbocycles. The minimum Gasteiger partial charge on any atom is -0.507 e. The number of aromatic hydroxyl groups is 1. The van der Waals surface area contributed by atoms with Gasteiger partial charge in [-0.1, -0.05) is 41.5 Å². The summed E-state index contributed by atoms with van der Waals surface area (Å²) in [6.07, 6.45) is 2.67. The van der Waals surface area contributed by atoms with Crippen LogP contribution in [0.2, 0.25) is 0 Å². The van der Waals surface area contributed by atoms with Gasteiger partial charge in [0.15, 0.2) is 0 Å². The molecule has 23 heavy (non-hydrogen) atoms. The maximum Gasteiger partial charge on any atom is 0.142 e. The molecule has 0 saturated carbocycles. The van der Waals surface area contributed by atoms with Crippen molar-refractivity contribution in [1.82, 2.24) is 9.55 Å². The van der Waals surface area contributed by atoms with E-state index in [2.05, 4.69) is 46.5 Å². The molecule has 0 aliphatic rings. The normalized spacial score (nSPS) is 14.1. The summed E-state index contributed by atoms with van der Waals surface area (Å²) >= 11 is 0. The molecule has 4 heteroatoms. The maximum absolute atomic E-state index is 10.8. The summed E-state index contributed by atoms with van der Waals surface area (Å²) in [5.41, 5.74) is 2.00. The predicted molar refractivity (Wildman–Crippen MR) is 92.8 cm³/mol. The Balaban J connectivity index is 2.68. The molecule has 1 atom stereocenters. The first-order valence-corrected chi connectivity index (χ1v) is 7.96. The number of phenols is 1. The molecule has 0 amide bonds. The molecular formula is C19H28N2O2. The number of aliphatic hydroxyl groups excluding tert-OH is 1. The smallest absolute Gasteiger partial charge is 0.142 e. The molecule has 0 radical (unpaired) electrons. The highest BCUT2D eigenvalue weighted by Gasteiger charge is 2.28. The second kappa shape index (κ2) is 5.68. The monoisotopic (exact) mass is 316 g/mol. The maximum atomic E-state index is 10.8. The van der Waals surface area contributed by atoms with Gasteiger partial charge in [-0.2, -0.15) is 0 Å². The summed E-state index contributed by atoms with van der Waals surface area (Å²) in [5.74, 6) is 0.913. The Morgan fingerprint density at radius 1 is 1.00 bits per heavy atom. The van der Waals surface area contributed by atoms with Gasteiger partial charge in [-0.15, -0.1) is 0 Å². The fraction of sp³-hybridized carbons (Fsp3) is 0.526. The van der Waals surface area contributed by atoms with Crippen molar-refractivity contribution in [3.05, 3.63) is 47.0 Å². The SMILES string of the molecule is Cn1ccnc1[C@H](O)c1cc(C(C)(C)C)c(O)c(C(C)(C)C)c1. The molecule has 1 heterocycles. The van der Waals surface area contributed by atoms with E-state index in [0.29, 0.717) is 11.6 Å². The van der Waals surface area contributed by atoms with Crippen molar-refractivity contribution in [2.24, 2.45) is 7.05 Å². The number of rotatable bonds is 2. The van der Waals surface area contributed by atoms with E-state index in [1.807, 2.05) is 29.9 Å². The number of phenolic OH excluding ortho intramolecular Hbond substituents is 1. The first-order valence-electron chi connectivity index (χ1n) is 7.96. The summed E-state index contributed by atoms with van der Waals surface area (Å²) in [7, 11) is 1.86. The molecule has 0 aliphatic heterocycles. The highest BCUT2D eigenvalue weighted by molar-refractivity contribution is 5.51. The number of aromatic nitrogens is 2. The number of nitrogens with zero attached hydrogens (tertiary/aromatic N) is 2. The molecule has 0 unspecified atom stereocenters. The van der Waals surface area contributed by atoms with Gasteiger partial charge in [-0.3, -0.25) is 0 Å². The zero-order valence-electron chi connectivity index (χ0n) is 15.2. The molecule has 2 N–H and O–H groups in total. The standard InChI is InChI=1S/C19H28N2O2/c1-18(2,3)13-10-12(11-14(16(13)23)19(4,5)6)15(22)17-20-8-9-21(17)7/h8-11,15,22-23H,1-7H3/t15-/m1/s1. The number of benzene rings is 1. The molecule has 4 nitrogen and oxygen atoms in total. The van der Waals surface area contributed by atoms with Crippen LogP contribution in [0, 0.1) is 0 Å². The van der Waals surface area contributed by atoms with Gasteiger partial charge in [0.05, 0.1) is 0 Å². The lowest BCUT2D eigenvalue weighted by Gasteiger charge is -2.29. The van der Waals surface area contributed by atoms with Gasteiger partial charge in [-0.05, 0) is 39.7 Å². The summed E-state index contributed by atoms with van der Waals surface area (Å²) in [6.45, 7) is 12.4. The van der Waals surface area contributed by atoms with E-state index in [4.69, 9.17) is 0 Å². The van der Waals surface area contributed by atoms with E-state index >= 15 is 0 Å². The number of hydrogen-bond acceptors (Lipinski definition) is 3. The van der Waals surface area contributed by atoms with Gasteiger partial charge in [0, 0.05) is 19.4 Å². The minimum atomic E-state index is -0.821. The Labute approximate surface area is 138 Å². The van der Waals surface area contributed by atoms with Crippen LogP contribution >= 0.6 is 0 Å². The summed E-state index contributed by atoms with van der Waals surface area (Å²) in [6, 6.07) is 3.79. The van der Waals surface area contributed by atoms with Crippen LogP contribution in [-0.4, -0.2) is 19.8 Å². The van der Waals surface area contributed by atoms with Crippen molar-refractivity contribution < 1.29 is 10.2 Å². The van der Waals surface area contributed by atoms with Crippen molar-refractivity contribution >= 4 is 0 Å². The molecular weight excluding hydrogens is 288 g/mol. The van der Waals surface area contributed by atoms with Crippen molar-refractivity contribution in [1.29, 1.82) is 0 Å². The summed E-state index contributed by atoms with van der Waals surface area (Å²) in [4.78, 5) is 4.25. The summed E-state index contributed by atoms with van der Waals surface area (Å²) < 4.78 is 1.81. The molecule has 126 valence electrons. The van der Waals surface area contributed by atoms with Crippen LogP contribution in [0.3, 0.4) is 0 Å². The number of aryl methyl sites for hydroxylation is 1. The topological polar surface area (TPSA) is 58.3 Å². The van der Waals surface area contributed by atoms with E-state index in [0.717, 1.165) is 16.7 Å². The van der Waals surface area contributed by atoms with Crippen molar-refractivity contribution in [3.8, 4) is 5.75 Å². The fourth-order valence-corrected chi connectivity index (χ4v) is 2.75. The second-order valence-electron chi connectivity index (χ2n) is 8.26. The molecule has 1 aromatic carbocycles. The Bertz CT molecular complexity index is 668. The van der Waals surface area contributed by atoms with Gasteiger partial charge in [0.1, 0.15) is 17.7 Å². The Kier molecular flexibility index (Phi) is 4.33. The molecule has 2 aromatic rings. The largest absolute Gasteiger partial charge is 0.507 e.